The first-order valence-electron chi connectivity index (χ1n) is 13.9. The highest BCUT2D eigenvalue weighted by molar-refractivity contribution is 6.05. The van der Waals surface area contributed by atoms with Crippen molar-refractivity contribution in [1.29, 1.82) is 0 Å². The summed E-state index contributed by atoms with van der Waals surface area (Å²) < 4.78 is 5.55. The van der Waals surface area contributed by atoms with E-state index in [-0.39, 0.29) is 18.3 Å². The number of ether oxygens (including phenoxy) is 1. The lowest BCUT2D eigenvalue weighted by Crippen LogP contribution is -2.52. The van der Waals surface area contributed by atoms with E-state index in [1.165, 1.54) is 0 Å². The molecule has 1 aromatic carbocycles. The van der Waals surface area contributed by atoms with Gasteiger partial charge in [-0.1, -0.05) is 76.6 Å². The van der Waals surface area contributed by atoms with Crippen LogP contribution in [0.25, 0.3) is 6.08 Å². The maximum Gasteiger partial charge on any atom is 0.344 e. The second-order valence-electron chi connectivity index (χ2n) is 10.7. The molecule has 2 aliphatic rings. The van der Waals surface area contributed by atoms with Crippen molar-refractivity contribution in [3.05, 3.63) is 42.0 Å². The molecule has 2 heterocycles. The summed E-state index contributed by atoms with van der Waals surface area (Å²) in [5, 5.41) is 3.39. The molecule has 1 unspecified atom stereocenters. The average molecular weight is 543 g/mol. The molecule has 1 aromatic rings. The van der Waals surface area contributed by atoms with Crippen molar-refractivity contribution in [3.63, 3.8) is 0 Å². The first kappa shape index (κ1) is 30.3. The van der Waals surface area contributed by atoms with Gasteiger partial charge in [0.05, 0.1) is 11.8 Å². The Labute approximate surface area is 230 Å². The van der Waals surface area contributed by atoms with Gasteiger partial charge in [-0.05, 0) is 43.1 Å². The number of carbonyl (C=O) groups is 4. The van der Waals surface area contributed by atoms with E-state index in [1.807, 2.05) is 70.2 Å². The molecule has 2 saturated heterocycles. The second kappa shape index (κ2) is 14.8. The van der Waals surface area contributed by atoms with E-state index in [4.69, 9.17) is 9.57 Å². The minimum atomic E-state index is -0.829. The van der Waals surface area contributed by atoms with Gasteiger partial charge in [-0.15, -0.1) is 0 Å². The van der Waals surface area contributed by atoms with E-state index in [0.29, 0.717) is 25.9 Å². The number of nitrogens with zero attached hydrogens (tertiary/aromatic N) is 1. The lowest BCUT2D eigenvalue weighted by atomic mass is 9.82. The fraction of sp³-hybridized carbons (Fsp3) is 0.586. The molecule has 2 fully saturated rings. The minimum Gasteiger partial charge on any atom is -0.350 e. The molecule has 0 aromatic heterocycles. The van der Waals surface area contributed by atoms with Crippen LogP contribution in [0.4, 0.5) is 4.79 Å². The summed E-state index contributed by atoms with van der Waals surface area (Å²) in [5.41, 5.74) is 5.98. The van der Waals surface area contributed by atoms with Crippen molar-refractivity contribution in [2.24, 2.45) is 23.7 Å². The highest BCUT2D eigenvalue weighted by Crippen LogP contribution is 2.27. The van der Waals surface area contributed by atoms with Crippen LogP contribution in [0.1, 0.15) is 71.8 Å². The molecule has 3 rings (SSSR count). The molecule has 2 aliphatic heterocycles. The summed E-state index contributed by atoms with van der Waals surface area (Å²) in [7, 11) is 0. The van der Waals surface area contributed by atoms with Gasteiger partial charge in [0.15, 0.2) is 6.29 Å². The van der Waals surface area contributed by atoms with Crippen molar-refractivity contribution < 1.29 is 28.8 Å². The van der Waals surface area contributed by atoms with Crippen LogP contribution >= 0.6 is 0 Å². The van der Waals surface area contributed by atoms with Gasteiger partial charge >= 0.3 is 6.03 Å². The first-order chi connectivity index (χ1) is 18.7. The molecule has 0 spiro atoms. The van der Waals surface area contributed by atoms with Crippen LogP contribution in [0.5, 0.6) is 0 Å². The molecular weight excluding hydrogens is 500 g/mol. The SMILES string of the molecule is CC[C@H](C)[C@@H]1NC(=O)N(NC(=O)[C@H](CC(C)C)[C@H](C/C=C/c2ccccc2)C(=O)NOC2CCCCO2)C1=O. The van der Waals surface area contributed by atoms with E-state index in [9.17, 15) is 19.2 Å². The van der Waals surface area contributed by atoms with Gasteiger partial charge in [-0.2, -0.15) is 5.01 Å². The number of urea groups is 1. The van der Waals surface area contributed by atoms with Crippen LogP contribution in [-0.4, -0.2) is 47.7 Å². The van der Waals surface area contributed by atoms with Crippen molar-refractivity contribution in [1.82, 2.24) is 21.2 Å². The maximum absolute atomic E-state index is 13.6. The smallest absolute Gasteiger partial charge is 0.344 e. The summed E-state index contributed by atoms with van der Waals surface area (Å²) in [4.78, 5) is 58.0. The van der Waals surface area contributed by atoms with E-state index in [0.717, 1.165) is 23.4 Å². The molecule has 0 aliphatic carbocycles. The molecule has 10 heteroatoms. The Hall–Kier alpha value is -3.24. The molecule has 5 atom stereocenters. The third-order valence-corrected chi connectivity index (χ3v) is 7.22. The number of nitrogens with one attached hydrogen (secondary N) is 3. The molecule has 10 nitrogen and oxygen atoms in total. The summed E-state index contributed by atoms with van der Waals surface area (Å²) in [6.45, 7) is 8.26. The number of hydrogen-bond acceptors (Lipinski definition) is 6. The van der Waals surface area contributed by atoms with Crippen LogP contribution < -0.4 is 16.2 Å². The number of hydrogen-bond donors (Lipinski definition) is 3. The molecular formula is C29H42N4O6. The minimum absolute atomic E-state index is 0.0627. The monoisotopic (exact) mass is 542 g/mol. The average Bonchev–Trinajstić information content (AvgIpc) is 3.22. The zero-order valence-electron chi connectivity index (χ0n) is 23.4. The van der Waals surface area contributed by atoms with Gasteiger partial charge in [0.1, 0.15) is 6.04 Å². The topological polar surface area (TPSA) is 126 Å². The van der Waals surface area contributed by atoms with Gasteiger partial charge in [-0.3, -0.25) is 19.8 Å². The van der Waals surface area contributed by atoms with Crippen LogP contribution in [0.15, 0.2) is 36.4 Å². The lowest BCUT2D eigenvalue weighted by molar-refractivity contribution is -0.203. The Morgan fingerprint density at radius 3 is 2.51 bits per heavy atom. The zero-order valence-corrected chi connectivity index (χ0v) is 23.4. The van der Waals surface area contributed by atoms with E-state index < -0.39 is 47.9 Å². The summed E-state index contributed by atoms with van der Waals surface area (Å²) in [6, 6.07) is 8.26. The van der Waals surface area contributed by atoms with Crippen LogP contribution in [0.3, 0.4) is 0 Å². The van der Waals surface area contributed by atoms with Crippen molar-refractivity contribution in [2.45, 2.75) is 78.6 Å². The van der Waals surface area contributed by atoms with Gasteiger partial charge in [0.2, 0.25) is 11.8 Å². The van der Waals surface area contributed by atoms with Gasteiger partial charge in [0, 0.05) is 13.0 Å². The molecule has 0 radical (unpaired) electrons. The Morgan fingerprint density at radius 1 is 1.13 bits per heavy atom. The van der Waals surface area contributed by atoms with Crippen molar-refractivity contribution in [3.8, 4) is 0 Å². The van der Waals surface area contributed by atoms with Gasteiger partial charge in [0.25, 0.3) is 5.91 Å². The predicted octanol–water partition coefficient (Wildman–Crippen LogP) is 3.94. The Bertz CT molecular complexity index is 1010. The number of amides is 5. The maximum atomic E-state index is 13.6. The number of allylic oxidation sites excluding steroid dienone is 1. The number of carbonyl (C=O) groups excluding carboxylic acids is 4. The second-order valence-corrected chi connectivity index (χ2v) is 10.7. The molecule has 3 N–H and O–H groups in total. The number of hydroxylamine groups is 1. The van der Waals surface area contributed by atoms with Crippen LogP contribution in [-0.2, 0) is 24.0 Å². The largest absolute Gasteiger partial charge is 0.350 e. The standard InChI is InChI=1S/C29H42N4O6/c1-5-20(4)25-28(36)33(29(37)30-25)31-26(34)23(18-19(2)3)22(15-11-14-21-12-7-6-8-13-21)27(35)32-39-24-16-9-10-17-38-24/h6-8,11-14,19-20,22-25H,5,9-10,15-18H2,1-4H3,(H,30,37)(H,31,34)(H,32,35)/b14-11+/t20-,22-,23+,24?,25-/m0/s1. The van der Waals surface area contributed by atoms with Crippen LogP contribution in [0.2, 0.25) is 0 Å². The van der Waals surface area contributed by atoms with E-state index in [2.05, 4.69) is 16.2 Å². The Kier molecular flexibility index (Phi) is 11.5. The molecule has 5 amide bonds. The molecule has 39 heavy (non-hydrogen) atoms. The number of hydrazine groups is 1. The molecule has 0 bridgehead atoms. The Morgan fingerprint density at radius 2 is 1.87 bits per heavy atom. The van der Waals surface area contributed by atoms with E-state index in [1.54, 1.807) is 0 Å². The third-order valence-electron chi connectivity index (χ3n) is 7.22. The number of rotatable bonds is 13. The fourth-order valence-electron chi connectivity index (χ4n) is 4.75. The molecule has 0 saturated carbocycles. The van der Waals surface area contributed by atoms with Crippen molar-refractivity contribution in [2.75, 3.05) is 6.61 Å². The Balaban J connectivity index is 1.79. The normalized spacial score (nSPS) is 22.0. The molecule has 214 valence electrons. The fourth-order valence-corrected chi connectivity index (χ4v) is 4.75. The summed E-state index contributed by atoms with van der Waals surface area (Å²) in [6.07, 6.45) is 7.05. The van der Waals surface area contributed by atoms with Gasteiger partial charge < -0.3 is 10.1 Å². The highest BCUT2D eigenvalue weighted by atomic mass is 16.8. The zero-order chi connectivity index (χ0) is 28.4. The van der Waals surface area contributed by atoms with Crippen LogP contribution in [0, 0.1) is 23.7 Å². The van der Waals surface area contributed by atoms with E-state index >= 15 is 0 Å². The number of imide groups is 1. The number of benzene rings is 1. The highest BCUT2D eigenvalue weighted by Gasteiger charge is 2.43. The lowest BCUT2D eigenvalue weighted by Gasteiger charge is -2.29. The first-order valence-corrected chi connectivity index (χ1v) is 13.9. The quantitative estimate of drug-likeness (QED) is 0.256. The third kappa shape index (κ3) is 8.63. The van der Waals surface area contributed by atoms with Crippen molar-refractivity contribution >= 4 is 29.8 Å². The summed E-state index contributed by atoms with van der Waals surface area (Å²) >= 11 is 0. The predicted molar refractivity (Wildman–Crippen MR) is 146 cm³/mol. The summed E-state index contributed by atoms with van der Waals surface area (Å²) in [5.74, 6) is -3.21. The van der Waals surface area contributed by atoms with Gasteiger partial charge in [-0.25, -0.2) is 15.1 Å².